The van der Waals surface area contributed by atoms with E-state index in [4.69, 9.17) is 0 Å². The molecule has 2 N–H and O–H groups in total. The number of urea groups is 1. The van der Waals surface area contributed by atoms with Crippen LogP contribution in [0, 0.1) is 11.3 Å². The zero-order chi connectivity index (χ0) is 13.8. The Kier molecular flexibility index (Phi) is 4.49. The molecule has 1 saturated carbocycles. The van der Waals surface area contributed by atoms with E-state index in [9.17, 15) is 4.79 Å². The summed E-state index contributed by atoms with van der Waals surface area (Å²) in [5, 5.41) is 6.54. The Labute approximate surface area is 122 Å². The van der Waals surface area contributed by atoms with Crippen molar-refractivity contribution in [2.24, 2.45) is 11.3 Å². The van der Waals surface area contributed by atoms with Crippen molar-refractivity contribution < 1.29 is 4.79 Å². The first-order valence-corrected chi connectivity index (χ1v) is 8.51. The molecule has 0 radical (unpaired) electrons. The lowest BCUT2D eigenvalue weighted by atomic mass is 9.64. The topological polar surface area (TPSA) is 44.4 Å². The third kappa shape index (κ3) is 3.27. The van der Waals surface area contributed by atoms with Crippen molar-refractivity contribution in [1.29, 1.82) is 0 Å². The number of carbonyl (C=O) groups is 1. The van der Waals surface area contributed by atoms with Gasteiger partial charge in [-0.3, -0.25) is 0 Å². The van der Waals surface area contributed by atoms with E-state index < -0.39 is 0 Å². The number of carbonyl (C=O) groups excluding carboxylic acids is 1. The number of nitrogens with one attached hydrogen (secondary N) is 2. The first kappa shape index (κ1) is 14.2. The zero-order valence-electron chi connectivity index (χ0n) is 12.6. The van der Waals surface area contributed by atoms with E-state index in [0.29, 0.717) is 5.41 Å². The molecule has 2 heterocycles. The molecule has 4 heteroatoms. The summed E-state index contributed by atoms with van der Waals surface area (Å²) in [5.74, 6) is 0.802. The molecule has 2 saturated heterocycles. The first-order valence-electron chi connectivity index (χ1n) is 8.51. The van der Waals surface area contributed by atoms with Crippen molar-refractivity contribution in [1.82, 2.24) is 15.5 Å². The number of hydrogen-bond acceptors (Lipinski definition) is 2. The molecule has 0 atom stereocenters. The summed E-state index contributed by atoms with van der Waals surface area (Å²) in [6, 6.07) is 0.185. The predicted octanol–water partition coefficient (Wildman–Crippen LogP) is 2.35. The average molecular weight is 279 g/mol. The van der Waals surface area contributed by atoms with Crippen molar-refractivity contribution in [3.8, 4) is 0 Å². The van der Waals surface area contributed by atoms with Gasteiger partial charge in [-0.15, -0.1) is 0 Å². The molecule has 0 bridgehead atoms. The number of amides is 2. The summed E-state index contributed by atoms with van der Waals surface area (Å²) in [6.07, 6.45) is 10.3. The summed E-state index contributed by atoms with van der Waals surface area (Å²) in [4.78, 5) is 14.3. The van der Waals surface area contributed by atoms with Crippen LogP contribution in [0.3, 0.4) is 0 Å². The quantitative estimate of drug-likeness (QED) is 0.833. The highest BCUT2D eigenvalue weighted by Gasteiger charge is 2.41. The van der Waals surface area contributed by atoms with Gasteiger partial charge in [-0.2, -0.15) is 0 Å². The Morgan fingerprint density at radius 2 is 1.95 bits per heavy atom. The number of likely N-dealkylation sites (tertiary alicyclic amines) is 1. The van der Waals surface area contributed by atoms with Gasteiger partial charge in [0.15, 0.2) is 0 Å². The largest absolute Gasteiger partial charge is 0.338 e. The minimum atomic E-state index is 0.185. The van der Waals surface area contributed by atoms with E-state index in [1.54, 1.807) is 0 Å². The second-order valence-corrected chi connectivity index (χ2v) is 7.09. The van der Waals surface area contributed by atoms with E-state index in [1.807, 2.05) is 0 Å². The minimum Gasteiger partial charge on any atom is -0.338 e. The SMILES string of the molecule is O=C(NCCC1CCNCC1)N1CCCC2(CCC2)C1. The van der Waals surface area contributed by atoms with E-state index in [2.05, 4.69) is 15.5 Å². The highest BCUT2D eigenvalue weighted by Crippen LogP contribution is 2.47. The van der Waals surface area contributed by atoms with Crippen molar-refractivity contribution in [2.45, 2.75) is 51.4 Å². The maximum atomic E-state index is 12.3. The molecule has 4 nitrogen and oxygen atoms in total. The van der Waals surface area contributed by atoms with E-state index >= 15 is 0 Å². The van der Waals surface area contributed by atoms with Gasteiger partial charge in [0, 0.05) is 19.6 Å². The highest BCUT2D eigenvalue weighted by molar-refractivity contribution is 5.74. The Balaban J connectivity index is 1.37. The van der Waals surface area contributed by atoms with Gasteiger partial charge < -0.3 is 15.5 Å². The van der Waals surface area contributed by atoms with Crippen molar-refractivity contribution in [2.75, 3.05) is 32.7 Å². The molecule has 2 aliphatic heterocycles. The van der Waals surface area contributed by atoms with Crippen LogP contribution in [0.1, 0.15) is 51.4 Å². The third-order valence-electron chi connectivity index (χ3n) is 5.65. The fourth-order valence-corrected chi connectivity index (χ4v) is 4.13. The van der Waals surface area contributed by atoms with Crippen molar-refractivity contribution in [3.05, 3.63) is 0 Å². The second-order valence-electron chi connectivity index (χ2n) is 7.09. The number of nitrogens with zero attached hydrogens (tertiary/aromatic N) is 1. The maximum Gasteiger partial charge on any atom is 0.317 e. The first-order chi connectivity index (χ1) is 9.77. The summed E-state index contributed by atoms with van der Waals surface area (Å²) in [5.41, 5.74) is 0.505. The number of rotatable bonds is 3. The number of piperidine rings is 2. The van der Waals surface area contributed by atoms with Crippen LogP contribution in [0.5, 0.6) is 0 Å². The summed E-state index contributed by atoms with van der Waals surface area (Å²) in [6.45, 7) is 5.11. The molecule has 3 fully saturated rings. The molecule has 0 aromatic carbocycles. The molecule has 0 aromatic heterocycles. The fourth-order valence-electron chi connectivity index (χ4n) is 4.13. The van der Waals surface area contributed by atoms with Crippen LogP contribution in [-0.4, -0.2) is 43.7 Å². The Morgan fingerprint density at radius 1 is 1.20 bits per heavy atom. The van der Waals surface area contributed by atoms with Gasteiger partial charge in [0.2, 0.25) is 0 Å². The lowest BCUT2D eigenvalue weighted by molar-refractivity contribution is 0.0369. The molecule has 114 valence electrons. The van der Waals surface area contributed by atoms with Gasteiger partial charge in [-0.05, 0) is 69.4 Å². The monoisotopic (exact) mass is 279 g/mol. The third-order valence-corrected chi connectivity index (χ3v) is 5.65. The van der Waals surface area contributed by atoms with Crippen LogP contribution in [0.2, 0.25) is 0 Å². The Morgan fingerprint density at radius 3 is 2.65 bits per heavy atom. The molecule has 1 aliphatic carbocycles. The lowest BCUT2D eigenvalue weighted by Gasteiger charge is -2.48. The van der Waals surface area contributed by atoms with Gasteiger partial charge in [0.25, 0.3) is 0 Å². The van der Waals surface area contributed by atoms with Gasteiger partial charge >= 0.3 is 6.03 Å². The molecule has 2 amide bonds. The van der Waals surface area contributed by atoms with Crippen LogP contribution >= 0.6 is 0 Å². The Hall–Kier alpha value is -0.770. The van der Waals surface area contributed by atoms with Gasteiger partial charge in [0.1, 0.15) is 0 Å². The van der Waals surface area contributed by atoms with Gasteiger partial charge in [-0.25, -0.2) is 4.79 Å². The molecule has 0 unspecified atom stereocenters. The van der Waals surface area contributed by atoms with E-state index in [0.717, 1.165) is 45.1 Å². The summed E-state index contributed by atoms with van der Waals surface area (Å²) in [7, 11) is 0. The molecule has 3 aliphatic rings. The van der Waals surface area contributed by atoms with Crippen LogP contribution in [-0.2, 0) is 0 Å². The fraction of sp³-hybridized carbons (Fsp3) is 0.938. The second kappa shape index (κ2) is 6.33. The Bertz CT molecular complexity index is 335. The molecular formula is C16H29N3O. The van der Waals surface area contributed by atoms with E-state index in [-0.39, 0.29) is 6.03 Å². The smallest absolute Gasteiger partial charge is 0.317 e. The average Bonchev–Trinajstić information content (AvgIpc) is 2.47. The normalized spacial score (nSPS) is 26.3. The van der Waals surface area contributed by atoms with Crippen LogP contribution in [0.4, 0.5) is 4.79 Å². The molecule has 3 rings (SSSR count). The predicted molar refractivity (Wildman–Crippen MR) is 80.7 cm³/mol. The van der Waals surface area contributed by atoms with Crippen LogP contribution in [0.25, 0.3) is 0 Å². The molecular weight excluding hydrogens is 250 g/mol. The molecule has 1 spiro atoms. The van der Waals surface area contributed by atoms with E-state index in [1.165, 1.54) is 44.9 Å². The minimum absolute atomic E-state index is 0.185. The molecule has 20 heavy (non-hydrogen) atoms. The van der Waals surface area contributed by atoms with Gasteiger partial charge in [-0.1, -0.05) is 6.42 Å². The van der Waals surface area contributed by atoms with Gasteiger partial charge in [0.05, 0.1) is 0 Å². The van der Waals surface area contributed by atoms with Crippen molar-refractivity contribution in [3.63, 3.8) is 0 Å². The summed E-state index contributed by atoms with van der Waals surface area (Å²) < 4.78 is 0. The van der Waals surface area contributed by atoms with Crippen molar-refractivity contribution >= 4 is 6.03 Å². The standard InChI is InChI=1S/C16H29N3O/c20-15(18-11-5-14-3-9-17-10-4-14)19-12-2-8-16(13-19)6-1-7-16/h14,17H,1-13H2,(H,18,20). The number of hydrogen-bond donors (Lipinski definition) is 2. The van der Waals surface area contributed by atoms with Crippen LogP contribution < -0.4 is 10.6 Å². The zero-order valence-corrected chi connectivity index (χ0v) is 12.6. The lowest BCUT2D eigenvalue weighted by Crippen LogP contribution is -2.52. The maximum absolute atomic E-state index is 12.3. The van der Waals surface area contributed by atoms with Crippen LogP contribution in [0.15, 0.2) is 0 Å². The summed E-state index contributed by atoms with van der Waals surface area (Å²) >= 11 is 0. The highest BCUT2D eigenvalue weighted by atomic mass is 16.2. The molecule has 0 aromatic rings.